The van der Waals surface area contributed by atoms with E-state index >= 15 is 0 Å². The van der Waals surface area contributed by atoms with Crippen LogP contribution in [0, 0.1) is 11.2 Å². The molecule has 1 amide bonds. The van der Waals surface area contributed by atoms with Crippen LogP contribution >= 0.6 is 23.1 Å². The second kappa shape index (κ2) is 8.00. The molecular weight excluding hydrogens is 399 g/mol. The Morgan fingerprint density at radius 2 is 2.07 bits per heavy atom. The smallest absolute Gasteiger partial charge is 0.407 e. The summed E-state index contributed by atoms with van der Waals surface area (Å²) in [6.07, 6.45) is 0.664. The van der Waals surface area contributed by atoms with Gasteiger partial charge >= 0.3 is 6.09 Å². The van der Waals surface area contributed by atoms with Crippen molar-refractivity contribution < 1.29 is 14.3 Å². The molecule has 0 aliphatic carbocycles. The number of fused-ring (bicyclic) bond motifs is 1. The van der Waals surface area contributed by atoms with Crippen LogP contribution in [-0.4, -0.2) is 53.4 Å². The van der Waals surface area contributed by atoms with Gasteiger partial charge in [-0.2, -0.15) is 0 Å². The van der Waals surface area contributed by atoms with Gasteiger partial charge in [0.05, 0.1) is 16.3 Å². The van der Waals surface area contributed by atoms with E-state index in [1.807, 2.05) is 17.5 Å². The minimum Gasteiger partial charge on any atom is -0.465 e. The van der Waals surface area contributed by atoms with Crippen LogP contribution < -0.4 is 10.2 Å². The highest BCUT2D eigenvalue weighted by atomic mass is 32.2. The molecule has 1 fully saturated rings. The summed E-state index contributed by atoms with van der Waals surface area (Å²) >= 11 is 3.07. The molecule has 3 N–H and O–H groups in total. The number of anilines is 2. The first-order valence-corrected chi connectivity index (χ1v) is 11.0. The molecule has 2 aliphatic rings. The van der Waals surface area contributed by atoms with E-state index in [2.05, 4.69) is 10.2 Å². The highest BCUT2D eigenvalue weighted by molar-refractivity contribution is 7.99. The first-order chi connectivity index (χ1) is 13.5. The molecule has 0 atom stereocenters. The zero-order valence-electron chi connectivity index (χ0n) is 15.2. The lowest BCUT2D eigenvalue weighted by atomic mass is 10.0. The minimum absolute atomic E-state index is 0.179. The summed E-state index contributed by atoms with van der Waals surface area (Å²) in [5.41, 5.74) is 1.26. The molecule has 1 aromatic heterocycles. The zero-order valence-corrected chi connectivity index (χ0v) is 16.8. The van der Waals surface area contributed by atoms with Crippen molar-refractivity contribution in [1.82, 2.24) is 4.90 Å². The van der Waals surface area contributed by atoms with Gasteiger partial charge in [-0.3, -0.25) is 5.41 Å². The van der Waals surface area contributed by atoms with Crippen LogP contribution in [0.15, 0.2) is 34.5 Å². The fourth-order valence-corrected chi connectivity index (χ4v) is 5.37. The van der Waals surface area contributed by atoms with Gasteiger partial charge in [0.1, 0.15) is 11.7 Å². The van der Waals surface area contributed by atoms with Gasteiger partial charge in [0, 0.05) is 36.3 Å². The first-order valence-electron chi connectivity index (χ1n) is 9.13. The second-order valence-electron chi connectivity index (χ2n) is 6.82. The number of amides is 1. The third-order valence-corrected chi connectivity index (χ3v) is 7.06. The lowest BCUT2D eigenvalue weighted by Gasteiger charge is -2.41. The molecule has 4 rings (SSSR count). The van der Waals surface area contributed by atoms with Crippen LogP contribution in [0.5, 0.6) is 0 Å². The molecule has 0 unspecified atom stereocenters. The Morgan fingerprint density at radius 1 is 1.29 bits per heavy atom. The summed E-state index contributed by atoms with van der Waals surface area (Å²) in [5, 5.41) is 22.1. The molecule has 1 saturated heterocycles. The number of hydrogen-bond acceptors (Lipinski definition) is 5. The van der Waals surface area contributed by atoms with E-state index in [4.69, 9.17) is 10.5 Å². The number of halogens is 1. The average Bonchev–Trinajstić information content (AvgIpc) is 3.23. The van der Waals surface area contributed by atoms with Crippen molar-refractivity contribution in [1.29, 1.82) is 5.41 Å². The predicted octanol–water partition coefficient (Wildman–Crippen LogP) is 4.38. The van der Waals surface area contributed by atoms with E-state index in [1.54, 1.807) is 23.9 Å². The number of carboxylic acid groups (broad SMARTS) is 1. The third kappa shape index (κ3) is 3.81. The molecule has 0 bridgehead atoms. The Balaban J connectivity index is 1.56. The van der Waals surface area contributed by atoms with Gasteiger partial charge in [-0.05, 0) is 36.4 Å². The van der Waals surface area contributed by atoms with E-state index in [1.165, 1.54) is 16.2 Å². The topological polar surface area (TPSA) is 79.7 Å². The number of carbonyl (C=O) groups is 1. The molecule has 2 aliphatic heterocycles. The molecule has 2 aromatic rings. The number of nitrogens with one attached hydrogen (secondary N) is 2. The Labute approximate surface area is 170 Å². The van der Waals surface area contributed by atoms with Crippen molar-refractivity contribution in [2.75, 3.05) is 35.6 Å². The van der Waals surface area contributed by atoms with Crippen LogP contribution in [0.3, 0.4) is 0 Å². The van der Waals surface area contributed by atoms with Crippen molar-refractivity contribution in [2.24, 2.45) is 0 Å². The van der Waals surface area contributed by atoms with E-state index < -0.39 is 6.09 Å². The summed E-state index contributed by atoms with van der Waals surface area (Å²) in [6.45, 7) is 1.89. The van der Waals surface area contributed by atoms with Gasteiger partial charge < -0.3 is 20.2 Å². The van der Waals surface area contributed by atoms with Crippen molar-refractivity contribution in [3.8, 4) is 0 Å². The Bertz CT molecular complexity index is 882. The van der Waals surface area contributed by atoms with Gasteiger partial charge in [0.25, 0.3) is 0 Å². The van der Waals surface area contributed by atoms with Crippen LogP contribution in [0.2, 0.25) is 0 Å². The number of thioether (sulfide) groups is 1. The maximum atomic E-state index is 14.6. The molecule has 148 valence electrons. The Hall–Kier alpha value is -2.26. The number of hydrogen-bond donors (Lipinski definition) is 3. The summed E-state index contributed by atoms with van der Waals surface area (Å²) in [6, 6.07) is 7.27. The van der Waals surface area contributed by atoms with E-state index in [-0.39, 0.29) is 17.7 Å². The van der Waals surface area contributed by atoms with Crippen molar-refractivity contribution in [3.63, 3.8) is 0 Å². The standard InChI is InChI=1S/C19H21FN4O2S2/c20-13-10-17-15(11-14(13)22-18(21)16-2-1-8-27-16)24(7-9-28-17)12-3-5-23(6-4-12)19(25)26/h1-2,8,10-12H,3-7,9H2,(H2,21,22)(H,25,26). The monoisotopic (exact) mass is 420 g/mol. The van der Waals surface area contributed by atoms with Gasteiger partial charge in [-0.15, -0.1) is 23.1 Å². The molecule has 9 heteroatoms. The number of likely N-dealkylation sites (tertiary alicyclic amines) is 1. The third-order valence-electron chi connectivity index (χ3n) is 5.15. The number of benzene rings is 1. The largest absolute Gasteiger partial charge is 0.465 e. The highest BCUT2D eigenvalue weighted by Crippen LogP contribution is 2.40. The molecule has 6 nitrogen and oxygen atoms in total. The number of rotatable bonds is 3. The number of nitrogens with zero attached hydrogens (tertiary/aromatic N) is 2. The fraction of sp³-hybridized carbons (Fsp3) is 0.368. The number of amidine groups is 1. The maximum absolute atomic E-state index is 14.6. The summed E-state index contributed by atoms with van der Waals surface area (Å²) in [5.74, 6) is 0.692. The summed E-state index contributed by atoms with van der Waals surface area (Å²) in [4.78, 5) is 16.5. The molecular formula is C19H21FN4O2S2. The summed E-state index contributed by atoms with van der Waals surface area (Å²) < 4.78 is 14.6. The van der Waals surface area contributed by atoms with Crippen molar-refractivity contribution in [3.05, 3.63) is 40.3 Å². The van der Waals surface area contributed by atoms with Crippen LogP contribution in [-0.2, 0) is 0 Å². The molecule has 1 aromatic carbocycles. The van der Waals surface area contributed by atoms with E-state index in [9.17, 15) is 9.18 Å². The maximum Gasteiger partial charge on any atom is 0.407 e. The lowest BCUT2D eigenvalue weighted by Crippen LogP contribution is -2.48. The normalized spacial score (nSPS) is 17.3. The number of thiophene rings is 1. The quantitative estimate of drug-likeness (QED) is 0.507. The SMILES string of the molecule is N=C(Nc1cc2c(cc1F)SCCN2C1CCN(C(=O)O)CC1)c1cccs1. The molecule has 28 heavy (non-hydrogen) atoms. The average molecular weight is 421 g/mol. The predicted molar refractivity (Wildman–Crippen MR) is 112 cm³/mol. The first kappa shape index (κ1) is 19.1. The number of piperidine rings is 1. The highest BCUT2D eigenvalue weighted by Gasteiger charge is 2.30. The van der Waals surface area contributed by atoms with E-state index in [0.717, 1.165) is 40.6 Å². The van der Waals surface area contributed by atoms with Crippen LogP contribution in [0.4, 0.5) is 20.6 Å². The molecule has 0 spiro atoms. The van der Waals surface area contributed by atoms with Gasteiger partial charge in [-0.1, -0.05) is 6.07 Å². The van der Waals surface area contributed by atoms with Crippen LogP contribution in [0.25, 0.3) is 0 Å². The Kier molecular flexibility index (Phi) is 5.45. The summed E-state index contributed by atoms with van der Waals surface area (Å²) in [7, 11) is 0. The van der Waals surface area contributed by atoms with Crippen molar-refractivity contribution >= 4 is 46.4 Å². The van der Waals surface area contributed by atoms with Gasteiger partial charge in [-0.25, -0.2) is 9.18 Å². The minimum atomic E-state index is -0.867. The van der Waals surface area contributed by atoms with E-state index in [0.29, 0.717) is 18.8 Å². The fourth-order valence-electron chi connectivity index (χ4n) is 3.72. The second-order valence-corrected chi connectivity index (χ2v) is 8.90. The Morgan fingerprint density at radius 3 is 2.75 bits per heavy atom. The molecule has 0 radical (unpaired) electrons. The van der Waals surface area contributed by atoms with Gasteiger partial charge in [0.15, 0.2) is 0 Å². The van der Waals surface area contributed by atoms with Gasteiger partial charge in [0.2, 0.25) is 0 Å². The zero-order chi connectivity index (χ0) is 19.7. The molecule has 0 saturated carbocycles. The van der Waals surface area contributed by atoms with Crippen molar-refractivity contribution in [2.45, 2.75) is 23.8 Å². The lowest BCUT2D eigenvalue weighted by molar-refractivity contribution is 0.131. The molecule has 3 heterocycles. The van der Waals surface area contributed by atoms with Crippen LogP contribution in [0.1, 0.15) is 17.7 Å².